The number of piperazine rings is 1. The minimum atomic E-state index is 0.194. The number of hydrogen-bond acceptors (Lipinski definition) is 5. The van der Waals surface area contributed by atoms with Crippen LogP contribution in [0, 0.1) is 0 Å². The molecule has 0 aromatic heterocycles. The first-order valence-corrected chi connectivity index (χ1v) is 8.64. The average Bonchev–Trinajstić information content (AvgIpc) is 3.12. The number of benzene rings is 1. The van der Waals surface area contributed by atoms with E-state index >= 15 is 0 Å². The van der Waals surface area contributed by atoms with Crippen LogP contribution >= 0.6 is 0 Å². The highest BCUT2D eigenvalue weighted by molar-refractivity contribution is 5.79. The van der Waals surface area contributed by atoms with Crippen molar-refractivity contribution in [3.63, 3.8) is 0 Å². The zero-order valence-corrected chi connectivity index (χ0v) is 14.6. The van der Waals surface area contributed by atoms with Crippen LogP contribution in [0.3, 0.4) is 0 Å². The summed E-state index contributed by atoms with van der Waals surface area (Å²) in [4.78, 5) is 17.1. The third-order valence-electron chi connectivity index (χ3n) is 4.99. The van der Waals surface area contributed by atoms with Gasteiger partial charge in [0.15, 0.2) is 11.5 Å². The molecule has 6 heteroatoms. The summed E-state index contributed by atoms with van der Waals surface area (Å²) in [6.45, 7) is 5.99. The van der Waals surface area contributed by atoms with Gasteiger partial charge < -0.3 is 19.7 Å². The van der Waals surface area contributed by atoms with Crippen molar-refractivity contribution in [1.82, 2.24) is 15.1 Å². The molecule has 1 N–H and O–H groups in total. The van der Waals surface area contributed by atoms with Gasteiger partial charge in [0.25, 0.3) is 0 Å². The SMILES string of the molecule is COc1ccc(CC(=O)N2CCC(N3CCNCC3)C2)cc1OC. The molecule has 2 fully saturated rings. The molecular weight excluding hydrogens is 306 g/mol. The zero-order chi connectivity index (χ0) is 16.9. The first kappa shape index (κ1) is 17.0. The maximum absolute atomic E-state index is 12.6. The summed E-state index contributed by atoms with van der Waals surface area (Å²) in [5.74, 6) is 1.55. The minimum absolute atomic E-state index is 0.194. The zero-order valence-electron chi connectivity index (χ0n) is 14.6. The van der Waals surface area contributed by atoms with Gasteiger partial charge in [-0.25, -0.2) is 0 Å². The van der Waals surface area contributed by atoms with Crippen LogP contribution in [0.25, 0.3) is 0 Å². The molecule has 1 atom stereocenters. The van der Waals surface area contributed by atoms with Crippen molar-refractivity contribution in [2.45, 2.75) is 18.9 Å². The van der Waals surface area contributed by atoms with Gasteiger partial charge in [0.2, 0.25) is 5.91 Å². The van der Waals surface area contributed by atoms with Gasteiger partial charge in [-0.3, -0.25) is 9.69 Å². The average molecular weight is 333 g/mol. The van der Waals surface area contributed by atoms with Crippen LogP contribution in [0.4, 0.5) is 0 Å². The van der Waals surface area contributed by atoms with Crippen LogP contribution in [0.5, 0.6) is 11.5 Å². The number of methoxy groups -OCH3 is 2. The van der Waals surface area contributed by atoms with Gasteiger partial charge in [0, 0.05) is 45.3 Å². The van der Waals surface area contributed by atoms with Crippen molar-refractivity contribution in [2.75, 3.05) is 53.5 Å². The summed E-state index contributed by atoms with van der Waals surface area (Å²) >= 11 is 0. The molecule has 1 unspecified atom stereocenters. The van der Waals surface area contributed by atoms with Gasteiger partial charge >= 0.3 is 0 Å². The molecule has 1 aromatic carbocycles. The Hall–Kier alpha value is -1.79. The lowest BCUT2D eigenvalue weighted by Gasteiger charge is -2.32. The lowest BCUT2D eigenvalue weighted by Crippen LogP contribution is -2.49. The van der Waals surface area contributed by atoms with Crippen molar-refractivity contribution in [3.8, 4) is 11.5 Å². The molecule has 2 heterocycles. The Morgan fingerprint density at radius 3 is 2.62 bits per heavy atom. The molecule has 0 aliphatic carbocycles. The molecule has 3 rings (SSSR count). The summed E-state index contributed by atoms with van der Waals surface area (Å²) in [7, 11) is 3.23. The highest BCUT2D eigenvalue weighted by Crippen LogP contribution is 2.28. The Balaban J connectivity index is 1.57. The minimum Gasteiger partial charge on any atom is -0.493 e. The van der Waals surface area contributed by atoms with Crippen LogP contribution < -0.4 is 14.8 Å². The normalized spacial score (nSPS) is 21.8. The molecule has 132 valence electrons. The van der Waals surface area contributed by atoms with E-state index in [9.17, 15) is 4.79 Å². The van der Waals surface area contributed by atoms with Gasteiger partial charge in [-0.05, 0) is 24.1 Å². The maximum atomic E-state index is 12.6. The van der Waals surface area contributed by atoms with Crippen LogP contribution in [-0.4, -0.2) is 75.2 Å². The molecule has 6 nitrogen and oxygen atoms in total. The summed E-state index contributed by atoms with van der Waals surface area (Å²) in [5, 5.41) is 3.38. The fraction of sp³-hybridized carbons (Fsp3) is 0.611. The Bertz CT molecular complexity index is 573. The van der Waals surface area contributed by atoms with E-state index < -0.39 is 0 Å². The Labute approximate surface area is 143 Å². The van der Waals surface area contributed by atoms with Gasteiger partial charge in [0.1, 0.15) is 0 Å². The molecular formula is C18H27N3O3. The van der Waals surface area contributed by atoms with Gasteiger partial charge in [-0.1, -0.05) is 6.07 Å². The second-order valence-corrected chi connectivity index (χ2v) is 6.43. The second kappa shape index (κ2) is 7.85. The van der Waals surface area contributed by atoms with Gasteiger partial charge in [-0.15, -0.1) is 0 Å². The van der Waals surface area contributed by atoms with Crippen molar-refractivity contribution >= 4 is 5.91 Å². The van der Waals surface area contributed by atoms with E-state index in [0.717, 1.165) is 51.3 Å². The van der Waals surface area contributed by atoms with E-state index in [2.05, 4.69) is 10.2 Å². The second-order valence-electron chi connectivity index (χ2n) is 6.43. The van der Waals surface area contributed by atoms with Crippen LogP contribution in [0.15, 0.2) is 18.2 Å². The van der Waals surface area contributed by atoms with E-state index in [1.54, 1.807) is 14.2 Å². The van der Waals surface area contributed by atoms with E-state index in [1.165, 1.54) is 0 Å². The lowest BCUT2D eigenvalue weighted by molar-refractivity contribution is -0.129. The molecule has 2 aliphatic rings. The number of hydrogen-bond donors (Lipinski definition) is 1. The van der Waals surface area contributed by atoms with Crippen LogP contribution in [0.1, 0.15) is 12.0 Å². The predicted molar refractivity (Wildman–Crippen MR) is 92.7 cm³/mol. The summed E-state index contributed by atoms with van der Waals surface area (Å²) < 4.78 is 10.6. The largest absolute Gasteiger partial charge is 0.493 e. The number of nitrogens with one attached hydrogen (secondary N) is 1. The number of ether oxygens (including phenoxy) is 2. The Morgan fingerprint density at radius 1 is 1.17 bits per heavy atom. The van der Waals surface area contributed by atoms with Crippen molar-refractivity contribution in [1.29, 1.82) is 0 Å². The topological polar surface area (TPSA) is 54.0 Å². The molecule has 0 spiro atoms. The molecule has 0 radical (unpaired) electrons. The fourth-order valence-corrected chi connectivity index (χ4v) is 3.59. The summed E-state index contributed by atoms with van der Waals surface area (Å²) in [5.41, 5.74) is 0.961. The maximum Gasteiger partial charge on any atom is 0.227 e. The first-order valence-electron chi connectivity index (χ1n) is 8.64. The number of rotatable bonds is 5. The number of carbonyl (C=O) groups excluding carboxylic acids is 1. The van der Waals surface area contributed by atoms with Gasteiger partial charge in [0.05, 0.1) is 20.6 Å². The number of amides is 1. The van der Waals surface area contributed by atoms with E-state index in [0.29, 0.717) is 24.0 Å². The third-order valence-corrected chi connectivity index (χ3v) is 4.99. The number of likely N-dealkylation sites (tertiary alicyclic amines) is 1. The fourth-order valence-electron chi connectivity index (χ4n) is 3.59. The van der Waals surface area contributed by atoms with Crippen LogP contribution in [0.2, 0.25) is 0 Å². The lowest BCUT2D eigenvalue weighted by atomic mass is 10.1. The van der Waals surface area contributed by atoms with E-state index in [4.69, 9.17) is 9.47 Å². The Morgan fingerprint density at radius 2 is 1.92 bits per heavy atom. The summed E-state index contributed by atoms with van der Waals surface area (Å²) in [6.07, 6.45) is 1.49. The van der Waals surface area contributed by atoms with Crippen LogP contribution in [-0.2, 0) is 11.2 Å². The van der Waals surface area contributed by atoms with E-state index in [1.807, 2.05) is 23.1 Å². The molecule has 0 bridgehead atoms. The number of carbonyl (C=O) groups is 1. The quantitative estimate of drug-likeness (QED) is 0.862. The standard InChI is InChI=1S/C18H27N3O3/c1-23-16-4-3-14(11-17(16)24-2)12-18(22)21-8-5-15(13-21)20-9-6-19-7-10-20/h3-4,11,15,19H,5-10,12-13H2,1-2H3. The third kappa shape index (κ3) is 3.82. The number of nitrogens with zero attached hydrogens (tertiary/aromatic N) is 2. The first-order chi connectivity index (χ1) is 11.7. The summed E-state index contributed by atoms with van der Waals surface area (Å²) in [6, 6.07) is 6.19. The predicted octanol–water partition coefficient (Wildman–Crippen LogP) is 0.752. The molecule has 1 aromatic rings. The molecule has 0 saturated carbocycles. The molecule has 1 amide bonds. The molecule has 24 heavy (non-hydrogen) atoms. The highest BCUT2D eigenvalue weighted by atomic mass is 16.5. The van der Waals surface area contributed by atoms with Crippen molar-refractivity contribution in [3.05, 3.63) is 23.8 Å². The van der Waals surface area contributed by atoms with Gasteiger partial charge in [-0.2, -0.15) is 0 Å². The van der Waals surface area contributed by atoms with Crippen molar-refractivity contribution < 1.29 is 14.3 Å². The molecule has 2 saturated heterocycles. The highest BCUT2D eigenvalue weighted by Gasteiger charge is 2.30. The monoisotopic (exact) mass is 333 g/mol. The smallest absolute Gasteiger partial charge is 0.227 e. The van der Waals surface area contributed by atoms with E-state index in [-0.39, 0.29) is 5.91 Å². The molecule has 2 aliphatic heterocycles. The van der Waals surface area contributed by atoms with Crippen molar-refractivity contribution in [2.24, 2.45) is 0 Å². The Kier molecular flexibility index (Phi) is 5.58.